The van der Waals surface area contributed by atoms with Crippen LogP contribution in [0.5, 0.6) is 0 Å². The first-order chi connectivity index (χ1) is 8.19. The Balaban J connectivity index is 0. The zero-order valence-corrected chi connectivity index (χ0v) is 13.3. The number of rotatable bonds is 9. The maximum atomic E-state index is 5.14. The lowest BCUT2D eigenvalue weighted by Gasteiger charge is -2.12. The van der Waals surface area contributed by atoms with Crippen LogP contribution in [0, 0.1) is 0 Å². The SMILES string of the molecule is CCOP(OCC)OCC.COP(OC)OC. The molecule has 8 heteroatoms. The van der Waals surface area contributed by atoms with Gasteiger partial charge in [0.15, 0.2) is 0 Å². The third kappa shape index (κ3) is 14.6. The van der Waals surface area contributed by atoms with E-state index in [-0.39, 0.29) is 0 Å². The van der Waals surface area contributed by atoms with Crippen molar-refractivity contribution in [2.24, 2.45) is 0 Å². The quantitative estimate of drug-likeness (QED) is 0.606. The van der Waals surface area contributed by atoms with E-state index in [9.17, 15) is 0 Å². The molecular formula is C9H24O6P2. The molecule has 0 aromatic rings. The Kier molecular flexibility index (Phi) is 19.5. The lowest BCUT2D eigenvalue weighted by Crippen LogP contribution is -1.94. The molecule has 0 unspecified atom stereocenters. The van der Waals surface area contributed by atoms with Gasteiger partial charge in [-0.3, -0.25) is 0 Å². The Bertz CT molecular complexity index is 117. The predicted molar refractivity (Wildman–Crippen MR) is 69.7 cm³/mol. The second-order valence-electron chi connectivity index (χ2n) is 2.25. The van der Waals surface area contributed by atoms with Crippen LogP contribution in [-0.2, 0) is 27.1 Å². The third-order valence-corrected chi connectivity index (χ3v) is 3.45. The molecule has 106 valence electrons. The zero-order chi connectivity index (χ0) is 13.5. The predicted octanol–water partition coefficient (Wildman–Crippen LogP) is 3.48. The van der Waals surface area contributed by atoms with Crippen LogP contribution in [0.4, 0.5) is 0 Å². The maximum Gasteiger partial charge on any atom is 0.332 e. The molecule has 0 aromatic heterocycles. The first-order valence-corrected chi connectivity index (χ1v) is 7.50. The van der Waals surface area contributed by atoms with Crippen molar-refractivity contribution in [3.63, 3.8) is 0 Å². The number of hydrogen-bond acceptors (Lipinski definition) is 6. The van der Waals surface area contributed by atoms with Gasteiger partial charge in [-0.2, -0.15) is 0 Å². The Hall–Kier alpha value is 0.620. The van der Waals surface area contributed by atoms with E-state index in [1.165, 1.54) is 0 Å². The molecule has 0 aliphatic rings. The molecule has 0 spiro atoms. The summed E-state index contributed by atoms with van der Waals surface area (Å²) < 4.78 is 29.4. The highest BCUT2D eigenvalue weighted by Crippen LogP contribution is 2.38. The van der Waals surface area contributed by atoms with Crippen molar-refractivity contribution in [3.05, 3.63) is 0 Å². The first kappa shape index (κ1) is 19.9. The highest BCUT2D eigenvalue weighted by atomic mass is 31.2. The van der Waals surface area contributed by atoms with Crippen molar-refractivity contribution in [2.45, 2.75) is 20.8 Å². The lowest BCUT2D eigenvalue weighted by atomic mass is 10.9. The van der Waals surface area contributed by atoms with Crippen LogP contribution < -0.4 is 0 Å². The second-order valence-corrected chi connectivity index (χ2v) is 5.01. The van der Waals surface area contributed by atoms with Gasteiger partial charge in [-0.15, -0.1) is 0 Å². The van der Waals surface area contributed by atoms with Gasteiger partial charge in [0.1, 0.15) is 0 Å². The highest BCUT2D eigenvalue weighted by molar-refractivity contribution is 7.41. The fourth-order valence-corrected chi connectivity index (χ4v) is 1.95. The summed E-state index contributed by atoms with van der Waals surface area (Å²) in [6.45, 7) is 7.71. The summed E-state index contributed by atoms with van der Waals surface area (Å²) in [6, 6.07) is 0. The molecule has 0 aliphatic carbocycles. The molecule has 17 heavy (non-hydrogen) atoms. The zero-order valence-electron chi connectivity index (χ0n) is 11.5. The van der Waals surface area contributed by atoms with Crippen molar-refractivity contribution in [1.82, 2.24) is 0 Å². The molecular weight excluding hydrogens is 266 g/mol. The summed E-state index contributed by atoms with van der Waals surface area (Å²) in [7, 11) is 2.51. The van der Waals surface area contributed by atoms with Gasteiger partial charge in [0, 0.05) is 21.3 Å². The van der Waals surface area contributed by atoms with E-state index in [2.05, 4.69) is 13.6 Å². The summed E-state index contributed by atoms with van der Waals surface area (Å²) >= 11 is 0. The average molecular weight is 290 g/mol. The highest BCUT2D eigenvalue weighted by Gasteiger charge is 2.07. The topological polar surface area (TPSA) is 55.4 Å². The molecule has 0 saturated heterocycles. The van der Waals surface area contributed by atoms with Crippen molar-refractivity contribution in [1.29, 1.82) is 0 Å². The molecule has 0 aromatic carbocycles. The summed E-state index contributed by atoms with van der Waals surface area (Å²) in [4.78, 5) is 0. The third-order valence-electron chi connectivity index (χ3n) is 1.15. The van der Waals surface area contributed by atoms with Crippen molar-refractivity contribution in [3.8, 4) is 0 Å². The minimum atomic E-state index is -1.06. The Morgan fingerprint density at radius 1 is 0.588 bits per heavy atom. The summed E-state index contributed by atoms with van der Waals surface area (Å²) in [6.07, 6.45) is 0. The van der Waals surface area contributed by atoms with Crippen LogP contribution in [-0.4, -0.2) is 41.2 Å². The van der Waals surface area contributed by atoms with E-state index in [1.54, 1.807) is 21.3 Å². The lowest BCUT2D eigenvalue weighted by molar-refractivity contribution is 0.176. The average Bonchev–Trinajstić information content (AvgIpc) is 2.33. The molecule has 0 heterocycles. The summed E-state index contributed by atoms with van der Waals surface area (Å²) in [5.41, 5.74) is 0. The van der Waals surface area contributed by atoms with Gasteiger partial charge in [-0.1, -0.05) is 0 Å². The number of hydrogen-bond donors (Lipinski definition) is 0. The van der Waals surface area contributed by atoms with Crippen molar-refractivity contribution >= 4 is 17.2 Å². The molecule has 6 nitrogen and oxygen atoms in total. The molecule has 0 aliphatic heterocycles. The summed E-state index contributed by atoms with van der Waals surface area (Å²) in [5.74, 6) is 0. The van der Waals surface area contributed by atoms with Gasteiger partial charge < -0.3 is 27.1 Å². The molecule has 0 saturated carbocycles. The van der Waals surface area contributed by atoms with Crippen LogP contribution >= 0.6 is 17.2 Å². The van der Waals surface area contributed by atoms with E-state index < -0.39 is 17.2 Å². The van der Waals surface area contributed by atoms with Crippen LogP contribution in [0.2, 0.25) is 0 Å². The van der Waals surface area contributed by atoms with Gasteiger partial charge in [-0.05, 0) is 20.8 Å². The standard InChI is InChI=1S/C6H15O3P.C3H9O3P/c1-4-7-10(8-5-2)9-6-3;1-4-7(5-2)6-3/h4-6H2,1-3H3;1-3H3. The first-order valence-electron chi connectivity index (χ1n) is 5.31. The Labute approximate surface area is 107 Å². The van der Waals surface area contributed by atoms with Crippen LogP contribution in [0.1, 0.15) is 20.8 Å². The van der Waals surface area contributed by atoms with Crippen LogP contribution in [0.15, 0.2) is 0 Å². The fourth-order valence-electron chi connectivity index (χ4n) is 0.652. The molecule has 0 atom stereocenters. The second kappa shape index (κ2) is 16.6. The molecule has 0 amide bonds. The van der Waals surface area contributed by atoms with E-state index >= 15 is 0 Å². The molecule has 0 N–H and O–H groups in total. The molecule has 0 rings (SSSR count). The molecule has 0 bridgehead atoms. The Morgan fingerprint density at radius 3 is 1.00 bits per heavy atom. The van der Waals surface area contributed by atoms with E-state index in [0.717, 1.165) is 0 Å². The van der Waals surface area contributed by atoms with Gasteiger partial charge in [0.2, 0.25) is 0 Å². The van der Waals surface area contributed by atoms with Gasteiger partial charge in [-0.25, -0.2) is 0 Å². The molecule has 0 radical (unpaired) electrons. The monoisotopic (exact) mass is 290 g/mol. The van der Waals surface area contributed by atoms with Gasteiger partial charge >= 0.3 is 17.2 Å². The minimum Gasteiger partial charge on any atom is -0.316 e. The summed E-state index contributed by atoms with van der Waals surface area (Å²) in [5, 5.41) is 0. The minimum absolute atomic E-state index is 0.645. The Morgan fingerprint density at radius 2 is 0.882 bits per heavy atom. The fraction of sp³-hybridized carbons (Fsp3) is 1.00. The van der Waals surface area contributed by atoms with Crippen LogP contribution in [0.25, 0.3) is 0 Å². The van der Waals surface area contributed by atoms with Crippen molar-refractivity contribution < 1.29 is 27.1 Å². The van der Waals surface area contributed by atoms with Gasteiger partial charge in [0.25, 0.3) is 0 Å². The van der Waals surface area contributed by atoms with Crippen molar-refractivity contribution in [2.75, 3.05) is 41.2 Å². The van der Waals surface area contributed by atoms with E-state index in [1.807, 2.05) is 20.8 Å². The maximum absolute atomic E-state index is 5.14. The largest absolute Gasteiger partial charge is 0.332 e. The van der Waals surface area contributed by atoms with Crippen LogP contribution in [0.3, 0.4) is 0 Å². The van der Waals surface area contributed by atoms with E-state index in [0.29, 0.717) is 19.8 Å². The van der Waals surface area contributed by atoms with Gasteiger partial charge in [0.05, 0.1) is 19.8 Å². The molecule has 0 fully saturated rings. The normalized spacial score (nSPS) is 10.6. The smallest absolute Gasteiger partial charge is 0.316 e. The van der Waals surface area contributed by atoms with E-state index in [4.69, 9.17) is 13.6 Å².